The molecule has 0 bridgehead atoms. The van der Waals surface area contributed by atoms with Crippen LogP contribution in [0, 0.1) is 5.92 Å². The highest BCUT2D eigenvalue weighted by Crippen LogP contribution is 2.21. The van der Waals surface area contributed by atoms with E-state index in [2.05, 4.69) is 35.2 Å². The van der Waals surface area contributed by atoms with E-state index < -0.39 is 0 Å². The van der Waals surface area contributed by atoms with Crippen LogP contribution in [0.5, 0.6) is 0 Å². The maximum atomic E-state index is 5.70. The fraction of sp³-hybridized carbons (Fsp3) is 0.500. The average molecular weight is 210 g/mol. The third kappa shape index (κ3) is 2.49. The number of likely N-dealkylation sites (tertiary alicyclic amines) is 1. The summed E-state index contributed by atoms with van der Waals surface area (Å²) in [4.78, 5) is 2.48. The summed E-state index contributed by atoms with van der Waals surface area (Å²) in [6.07, 6.45) is 1.17. The van der Waals surface area contributed by atoms with Crippen molar-refractivity contribution in [1.29, 1.82) is 0 Å². The van der Waals surface area contributed by atoms with E-state index in [1.807, 2.05) is 0 Å². The molecule has 0 atom stereocenters. The van der Waals surface area contributed by atoms with E-state index in [1.165, 1.54) is 25.1 Å². The topological polar surface area (TPSA) is 3.24 Å². The zero-order valence-corrected chi connectivity index (χ0v) is 9.08. The average Bonchev–Trinajstić information content (AvgIpc) is 2.16. The molecule has 0 spiro atoms. The van der Waals surface area contributed by atoms with Crippen molar-refractivity contribution in [3.63, 3.8) is 0 Å². The molecule has 0 aromatic heterocycles. The summed E-state index contributed by atoms with van der Waals surface area (Å²) >= 11 is 5.70. The smallest absolute Gasteiger partial charge is 0.0233 e. The van der Waals surface area contributed by atoms with E-state index in [-0.39, 0.29) is 0 Å². The van der Waals surface area contributed by atoms with Crippen molar-refractivity contribution in [2.75, 3.05) is 19.0 Å². The maximum absolute atomic E-state index is 5.70. The fourth-order valence-corrected chi connectivity index (χ4v) is 2.29. The Morgan fingerprint density at radius 3 is 2.57 bits per heavy atom. The molecule has 1 aromatic carbocycles. The third-order valence-electron chi connectivity index (χ3n) is 2.80. The van der Waals surface area contributed by atoms with Gasteiger partial charge in [0.2, 0.25) is 0 Å². The highest BCUT2D eigenvalue weighted by atomic mass is 35.5. The molecule has 1 nitrogen and oxygen atoms in total. The predicted octanol–water partition coefficient (Wildman–Crippen LogP) is 2.75. The van der Waals surface area contributed by atoms with Crippen LogP contribution in [0.3, 0.4) is 0 Å². The van der Waals surface area contributed by atoms with Gasteiger partial charge < -0.3 is 0 Å². The standard InChI is InChI=1S/C12H16ClN/c13-7-6-12-9-14(10-12)8-11-4-2-1-3-5-11/h1-5,12H,6-10H2. The van der Waals surface area contributed by atoms with Gasteiger partial charge in [-0.15, -0.1) is 11.6 Å². The summed E-state index contributed by atoms with van der Waals surface area (Å²) in [6, 6.07) is 10.6. The van der Waals surface area contributed by atoms with Gasteiger partial charge in [0.1, 0.15) is 0 Å². The lowest BCUT2D eigenvalue weighted by molar-refractivity contribution is 0.0904. The minimum Gasteiger partial charge on any atom is -0.298 e. The molecule has 14 heavy (non-hydrogen) atoms. The van der Waals surface area contributed by atoms with Crippen LogP contribution in [0.15, 0.2) is 30.3 Å². The minimum absolute atomic E-state index is 0.809. The van der Waals surface area contributed by atoms with E-state index >= 15 is 0 Å². The highest BCUT2D eigenvalue weighted by molar-refractivity contribution is 6.17. The molecule has 1 heterocycles. The molecule has 1 saturated heterocycles. The van der Waals surface area contributed by atoms with Crippen LogP contribution < -0.4 is 0 Å². The number of rotatable bonds is 4. The van der Waals surface area contributed by atoms with Crippen LogP contribution in [-0.2, 0) is 6.54 Å². The first-order valence-corrected chi connectivity index (χ1v) is 5.74. The van der Waals surface area contributed by atoms with Crippen molar-refractivity contribution in [2.24, 2.45) is 5.92 Å². The number of nitrogens with zero attached hydrogens (tertiary/aromatic N) is 1. The van der Waals surface area contributed by atoms with Crippen LogP contribution in [0.2, 0.25) is 0 Å². The lowest BCUT2D eigenvalue weighted by atomic mass is 9.96. The number of hydrogen-bond donors (Lipinski definition) is 0. The van der Waals surface area contributed by atoms with Crippen molar-refractivity contribution in [1.82, 2.24) is 4.90 Å². The van der Waals surface area contributed by atoms with Gasteiger partial charge >= 0.3 is 0 Å². The van der Waals surface area contributed by atoms with E-state index in [9.17, 15) is 0 Å². The van der Waals surface area contributed by atoms with Crippen LogP contribution in [0.4, 0.5) is 0 Å². The molecule has 1 aliphatic rings. The fourth-order valence-electron chi connectivity index (χ4n) is 1.98. The lowest BCUT2D eigenvalue weighted by Gasteiger charge is -2.39. The van der Waals surface area contributed by atoms with Crippen LogP contribution in [0.1, 0.15) is 12.0 Å². The first-order valence-electron chi connectivity index (χ1n) is 5.20. The molecule has 0 aliphatic carbocycles. The van der Waals surface area contributed by atoms with Crippen molar-refractivity contribution in [3.8, 4) is 0 Å². The van der Waals surface area contributed by atoms with Crippen molar-refractivity contribution in [3.05, 3.63) is 35.9 Å². The van der Waals surface area contributed by atoms with Crippen LogP contribution in [-0.4, -0.2) is 23.9 Å². The van der Waals surface area contributed by atoms with Gasteiger partial charge in [-0.25, -0.2) is 0 Å². The zero-order valence-electron chi connectivity index (χ0n) is 8.32. The Balaban J connectivity index is 1.74. The molecule has 0 radical (unpaired) electrons. The number of benzene rings is 1. The van der Waals surface area contributed by atoms with Gasteiger partial charge in [-0.3, -0.25) is 4.90 Å². The maximum Gasteiger partial charge on any atom is 0.0233 e. The second kappa shape index (κ2) is 4.81. The molecule has 0 amide bonds. The van der Waals surface area contributed by atoms with Gasteiger partial charge in [0, 0.05) is 25.5 Å². The minimum atomic E-state index is 0.809. The van der Waals surface area contributed by atoms with E-state index in [1.54, 1.807) is 0 Å². The predicted molar refractivity (Wildman–Crippen MR) is 60.5 cm³/mol. The zero-order chi connectivity index (χ0) is 9.80. The molecule has 1 fully saturated rings. The van der Waals surface area contributed by atoms with Gasteiger partial charge in [0.25, 0.3) is 0 Å². The molecule has 76 valence electrons. The lowest BCUT2D eigenvalue weighted by Crippen LogP contribution is -2.45. The van der Waals surface area contributed by atoms with Gasteiger partial charge in [0.15, 0.2) is 0 Å². The Kier molecular flexibility index (Phi) is 3.44. The first kappa shape index (κ1) is 10.0. The molecule has 0 unspecified atom stereocenters. The quantitative estimate of drug-likeness (QED) is 0.690. The van der Waals surface area contributed by atoms with Crippen molar-refractivity contribution < 1.29 is 0 Å². The summed E-state index contributed by atoms with van der Waals surface area (Å²) in [5.41, 5.74) is 1.41. The Morgan fingerprint density at radius 2 is 1.93 bits per heavy atom. The summed E-state index contributed by atoms with van der Waals surface area (Å²) < 4.78 is 0. The molecular formula is C12H16ClN. The molecule has 1 aliphatic heterocycles. The van der Waals surface area contributed by atoms with E-state index in [0.717, 1.165) is 18.3 Å². The molecule has 1 aromatic rings. The van der Waals surface area contributed by atoms with E-state index in [4.69, 9.17) is 11.6 Å². The normalized spacial score (nSPS) is 18.1. The second-order valence-electron chi connectivity index (χ2n) is 4.02. The Labute approximate surface area is 90.7 Å². The van der Waals surface area contributed by atoms with Crippen LogP contribution >= 0.6 is 11.6 Å². The Morgan fingerprint density at radius 1 is 1.21 bits per heavy atom. The Bertz CT molecular complexity index is 267. The molecule has 0 N–H and O–H groups in total. The molecule has 2 heteroatoms. The Hall–Kier alpha value is -0.530. The number of hydrogen-bond acceptors (Lipinski definition) is 1. The summed E-state index contributed by atoms with van der Waals surface area (Å²) in [6.45, 7) is 3.54. The highest BCUT2D eigenvalue weighted by Gasteiger charge is 2.25. The first-order chi connectivity index (χ1) is 6.88. The van der Waals surface area contributed by atoms with Crippen molar-refractivity contribution >= 4 is 11.6 Å². The van der Waals surface area contributed by atoms with Gasteiger partial charge in [-0.2, -0.15) is 0 Å². The number of halogens is 1. The summed E-state index contributed by atoms with van der Waals surface area (Å²) in [5, 5.41) is 0. The molecule has 0 saturated carbocycles. The molecule has 2 rings (SSSR count). The van der Waals surface area contributed by atoms with Crippen LogP contribution in [0.25, 0.3) is 0 Å². The van der Waals surface area contributed by atoms with Crippen molar-refractivity contribution in [2.45, 2.75) is 13.0 Å². The summed E-state index contributed by atoms with van der Waals surface area (Å²) in [5.74, 6) is 1.65. The van der Waals surface area contributed by atoms with Gasteiger partial charge in [-0.1, -0.05) is 30.3 Å². The third-order valence-corrected chi connectivity index (χ3v) is 3.02. The summed E-state index contributed by atoms with van der Waals surface area (Å²) in [7, 11) is 0. The van der Waals surface area contributed by atoms with Gasteiger partial charge in [-0.05, 0) is 17.9 Å². The van der Waals surface area contributed by atoms with Gasteiger partial charge in [0.05, 0.1) is 0 Å². The monoisotopic (exact) mass is 209 g/mol. The molecular weight excluding hydrogens is 194 g/mol. The van der Waals surface area contributed by atoms with E-state index in [0.29, 0.717) is 0 Å². The SMILES string of the molecule is ClCCC1CN(Cc2ccccc2)C1. The second-order valence-corrected chi connectivity index (χ2v) is 4.40. The number of alkyl halides is 1. The largest absolute Gasteiger partial charge is 0.298 e.